The highest BCUT2D eigenvalue weighted by atomic mass is 32.2. The van der Waals surface area contributed by atoms with Gasteiger partial charge in [-0.05, 0) is 59.4 Å². The van der Waals surface area contributed by atoms with Gasteiger partial charge in [-0.15, -0.1) is 0 Å². The van der Waals surface area contributed by atoms with Gasteiger partial charge in [-0.25, -0.2) is 18.1 Å². The molecule has 1 heterocycles. The highest BCUT2D eigenvalue weighted by Gasteiger charge is 2.35. The van der Waals surface area contributed by atoms with E-state index < -0.39 is 22.2 Å². The fourth-order valence-corrected chi connectivity index (χ4v) is 6.20. The Morgan fingerprint density at radius 1 is 1.08 bits per heavy atom. The third-order valence-corrected chi connectivity index (χ3v) is 8.63. The van der Waals surface area contributed by atoms with E-state index in [2.05, 4.69) is 14.7 Å². The molecule has 0 fully saturated rings. The number of benzene rings is 3. The van der Waals surface area contributed by atoms with Crippen LogP contribution < -0.4 is 9.62 Å². The van der Waals surface area contributed by atoms with E-state index in [9.17, 15) is 18.3 Å². The number of fused-ring (bicyclic) bond motifs is 1. The molecule has 2 unspecified atom stereocenters. The lowest BCUT2D eigenvalue weighted by Gasteiger charge is -2.24. The molecule has 9 heteroatoms. The number of carbonyl (C=O) groups is 1. The molecule has 4 aromatic rings. The molecule has 1 aliphatic rings. The third-order valence-electron chi connectivity index (χ3n) is 7.17. The van der Waals surface area contributed by atoms with Crippen LogP contribution in [0.25, 0.3) is 0 Å². The Bertz CT molecular complexity index is 1520. The molecular weight excluding hydrogens is 512 g/mol. The Morgan fingerprint density at radius 2 is 1.85 bits per heavy atom. The number of hydrogen-bond acceptors (Lipinski definition) is 5. The van der Waals surface area contributed by atoms with E-state index >= 15 is 0 Å². The smallest absolute Gasteiger partial charge is 0.241 e. The number of nitrogens with zero attached hydrogens (tertiary/aromatic N) is 2. The number of hydrogen-bond donors (Lipinski definition) is 3. The number of aliphatic hydroxyl groups excluding tert-OH is 1. The Hall–Kier alpha value is -3.79. The van der Waals surface area contributed by atoms with Crippen molar-refractivity contribution in [1.29, 1.82) is 0 Å². The molecule has 8 nitrogen and oxygen atoms in total. The van der Waals surface area contributed by atoms with Crippen LogP contribution in [0.2, 0.25) is 0 Å². The van der Waals surface area contributed by atoms with Crippen molar-refractivity contribution in [3.05, 3.63) is 113 Å². The fourth-order valence-electron chi connectivity index (χ4n) is 4.95. The van der Waals surface area contributed by atoms with Gasteiger partial charge >= 0.3 is 0 Å². The molecule has 0 saturated carbocycles. The maximum Gasteiger partial charge on any atom is 0.241 e. The van der Waals surface area contributed by atoms with Crippen molar-refractivity contribution in [1.82, 2.24) is 14.7 Å². The maximum absolute atomic E-state index is 13.5. The summed E-state index contributed by atoms with van der Waals surface area (Å²) in [5, 5.41) is 10.8. The molecule has 2 atom stereocenters. The summed E-state index contributed by atoms with van der Waals surface area (Å²) < 4.78 is 29.1. The van der Waals surface area contributed by atoms with Gasteiger partial charge in [0.15, 0.2) is 0 Å². The molecule has 5 rings (SSSR count). The molecule has 1 aliphatic carbocycles. The second-order valence-corrected chi connectivity index (χ2v) is 11.5. The number of imidazole rings is 1. The normalized spacial score (nSPS) is 16.7. The first kappa shape index (κ1) is 26.8. The Balaban J connectivity index is 1.41. The molecule has 0 saturated heterocycles. The highest BCUT2D eigenvalue weighted by molar-refractivity contribution is 7.89. The van der Waals surface area contributed by atoms with Gasteiger partial charge < -0.3 is 15.0 Å². The molecule has 0 aliphatic heterocycles. The van der Waals surface area contributed by atoms with Crippen LogP contribution in [0.15, 0.2) is 90.2 Å². The van der Waals surface area contributed by atoms with E-state index in [0.717, 1.165) is 28.8 Å². The lowest BCUT2D eigenvalue weighted by atomic mass is 10.1. The monoisotopic (exact) mass is 544 g/mol. The Morgan fingerprint density at radius 3 is 2.54 bits per heavy atom. The summed E-state index contributed by atoms with van der Waals surface area (Å²) in [5.41, 5.74) is 5.03. The van der Waals surface area contributed by atoms with E-state index in [0.29, 0.717) is 30.5 Å². The number of H-pyrrole nitrogens is 1. The SMILES string of the molecule is CCc1ccc(S(=O)(=O)NC2c3cc(N(Cc4cnc[nH]4)C(=O)CCc4ccccc4)ccc3CC2O)cc1. The first-order chi connectivity index (χ1) is 18.8. The third kappa shape index (κ3) is 6.11. The van der Waals surface area contributed by atoms with Crippen molar-refractivity contribution < 1.29 is 18.3 Å². The van der Waals surface area contributed by atoms with Crippen LogP contribution in [0.3, 0.4) is 0 Å². The van der Waals surface area contributed by atoms with Crippen molar-refractivity contribution in [2.24, 2.45) is 0 Å². The summed E-state index contributed by atoms with van der Waals surface area (Å²) in [7, 11) is -3.88. The number of nitrogens with one attached hydrogen (secondary N) is 2. The van der Waals surface area contributed by atoms with Crippen LogP contribution in [-0.2, 0) is 40.6 Å². The molecular formula is C30H32N4O4S. The average Bonchev–Trinajstić information content (AvgIpc) is 3.58. The number of anilines is 1. The number of rotatable bonds is 10. The van der Waals surface area contributed by atoms with Crippen molar-refractivity contribution in [3.63, 3.8) is 0 Å². The summed E-state index contributed by atoms with van der Waals surface area (Å²) in [5.74, 6) is -0.0694. The minimum Gasteiger partial charge on any atom is -0.391 e. The van der Waals surface area contributed by atoms with Crippen molar-refractivity contribution in [3.8, 4) is 0 Å². The van der Waals surface area contributed by atoms with Gasteiger partial charge in [0.1, 0.15) is 0 Å². The zero-order valence-electron chi connectivity index (χ0n) is 21.7. The minimum atomic E-state index is -3.88. The van der Waals surface area contributed by atoms with Crippen LogP contribution in [0, 0.1) is 0 Å². The molecule has 1 aromatic heterocycles. The predicted molar refractivity (Wildman–Crippen MR) is 150 cm³/mol. The summed E-state index contributed by atoms with van der Waals surface area (Å²) in [6, 6.07) is 21.3. The fraction of sp³-hybridized carbons (Fsp3) is 0.267. The molecule has 1 amide bonds. The topological polar surface area (TPSA) is 115 Å². The second-order valence-electron chi connectivity index (χ2n) is 9.79. The van der Waals surface area contributed by atoms with E-state index in [4.69, 9.17) is 0 Å². The van der Waals surface area contributed by atoms with Crippen LogP contribution >= 0.6 is 0 Å². The lowest BCUT2D eigenvalue weighted by molar-refractivity contribution is -0.118. The molecule has 3 aromatic carbocycles. The van der Waals surface area contributed by atoms with Crippen LogP contribution in [0.1, 0.15) is 47.3 Å². The first-order valence-corrected chi connectivity index (χ1v) is 14.6. The van der Waals surface area contributed by atoms with Crippen LogP contribution in [-0.4, -0.2) is 35.5 Å². The van der Waals surface area contributed by atoms with E-state index in [1.807, 2.05) is 55.5 Å². The van der Waals surface area contributed by atoms with E-state index in [-0.39, 0.29) is 17.3 Å². The highest BCUT2D eigenvalue weighted by Crippen LogP contribution is 2.36. The van der Waals surface area contributed by atoms with Gasteiger partial charge in [0, 0.05) is 24.7 Å². The van der Waals surface area contributed by atoms with Gasteiger partial charge in [0.05, 0.1) is 35.6 Å². The summed E-state index contributed by atoms with van der Waals surface area (Å²) >= 11 is 0. The van der Waals surface area contributed by atoms with Gasteiger partial charge in [-0.2, -0.15) is 0 Å². The zero-order chi connectivity index (χ0) is 27.4. The van der Waals surface area contributed by atoms with Gasteiger partial charge in [0.2, 0.25) is 15.9 Å². The van der Waals surface area contributed by atoms with E-state index in [1.165, 1.54) is 0 Å². The number of aryl methyl sites for hydroxylation is 2. The number of aromatic nitrogens is 2. The quantitative estimate of drug-likeness (QED) is 0.278. The van der Waals surface area contributed by atoms with Crippen molar-refractivity contribution in [2.45, 2.75) is 56.2 Å². The van der Waals surface area contributed by atoms with Gasteiger partial charge in [-0.1, -0.05) is 55.5 Å². The molecule has 39 heavy (non-hydrogen) atoms. The number of amides is 1. The number of sulfonamides is 1. The molecule has 202 valence electrons. The molecule has 0 bridgehead atoms. The standard InChI is InChI=1S/C30H32N4O4S/c1-2-21-8-13-26(14-9-21)39(37,38)33-30-27-17-25(12-11-23(27)16-28(30)35)34(19-24-18-31-20-32-24)29(36)15-10-22-6-4-3-5-7-22/h3-9,11-14,17-18,20,28,30,33,35H,2,10,15-16,19H2,1H3,(H,31,32). The van der Waals surface area contributed by atoms with Crippen molar-refractivity contribution in [2.75, 3.05) is 4.90 Å². The summed E-state index contributed by atoms with van der Waals surface area (Å²) in [6.45, 7) is 2.29. The van der Waals surface area contributed by atoms with Crippen LogP contribution in [0.4, 0.5) is 5.69 Å². The summed E-state index contributed by atoms with van der Waals surface area (Å²) in [6.07, 6.45) is 4.36. The molecule has 0 spiro atoms. The second kappa shape index (κ2) is 11.5. The zero-order valence-corrected chi connectivity index (χ0v) is 22.6. The van der Waals surface area contributed by atoms with E-state index in [1.54, 1.807) is 41.7 Å². The molecule has 3 N–H and O–H groups in total. The lowest BCUT2D eigenvalue weighted by Crippen LogP contribution is -2.34. The Kier molecular flexibility index (Phi) is 7.92. The van der Waals surface area contributed by atoms with Gasteiger partial charge in [0.25, 0.3) is 0 Å². The maximum atomic E-state index is 13.5. The predicted octanol–water partition coefficient (Wildman–Crippen LogP) is 4.07. The average molecular weight is 545 g/mol. The van der Waals surface area contributed by atoms with Gasteiger partial charge in [-0.3, -0.25) is 4.79 Å². The molecule has 0 radical (unpaired) electrons. The number of aliphatic hydroxyl groups is 1. The first-order valence-electron chi connectivity index (χ1n) is 13.1. The Labute approximate surface area is 228 Å². The summed E-state index contributed by atoms with van der Waals surface area (Å²) in [4.78, 5) is 22.4. The van der Waals surface area contributed by atoms with Crippen molar-refractivity contribution >= 4 is 21.6 Å². The number of aromatic amines is 1. The minimum absolute atomic E-state index is 0.0694. The number of carbonyl (C=O) groups excluding carboxylic acids is 1. The van der Waals surface area contributed by atoms with Crippen LogP contribution in [0.5, 0.6) is 0 Å². The largest absolute Gasteiger partial charge is 0.391 e.